The fourth-order valence-corrected chi connectivity index (χ4v) is 6.55. The van der Waals surface area contributed by atoms with Crippen molar-refractivity contribution in [1.29, 1.82) is 0 Å². The molecule has 9 nitrogen and oxygen atoms in total. The lowest BCUT2D eigenvalue weighted by Crippen LogP contribution is -2.44. The van der Waals surface area contributed by atoms with E-state index in [2.05, 4.69) is 123 Å². The van der Waals surface area contributed by atoms with Crippen molar-refractivity contribution in [3.63, 3.8) is 0 Å². The summed E-state index contributed by atoms with van der Waals surface area (Å²) < 4.78 is 22.6. The highest BCUT2D eigenvalue weighted by atomic mass is 16.7. The second-order valence-corrected chi connectivity index (χ2v) is 18.0. The Bertz CT molecular complexity index is 1460. The highest BCUT2D eigenvalue weighted by Gasteiger charge is 2.21. The Kier molecular flexibility index (Phi) is 45.5. The van der Waals surface area contributed by atoms with E-state index in [0.29, 0.717) is 23.9 Å². The van der Waals surface area contributed by atoms with Gasteiger partial charge < -0.3 is 33.3 Å². The third kappa shape index (κ3) is 49.7. The first kappa shape index (κ1) is 63.0. The molecule has 0 N–H and O–H groups in total. The standard InChI is InChI=1S/C58H95NO8/c1-6-8-10-12-14-16-18-20-22-23-24-25-26-27-28-29-30-31-32-33-35-37-39-41-43-45-47-49-56(61)67-54(53-66-58(57(62)63)64-51-50-59(3,4)5)52-65-55(60)48-46-44-42-40-38-36-34-21-19-17-15-13-11-9-7-2/h8-11,14-17,20-22,24-25,27-28,30-31,34,54,58H,6-7,12-13,18-19,23,26,29,32-33,35-53H2,1-5H3/b10-8-,11-9-,16-14-,17-15-,22-20-,25-24-,28-27-,31-30-,34-21-. The topological polar surface area (TPSA) is 111 Å². The summed E-state index contributed by atoms with van der Waals surface area (Å²) in [7, 11) is 5.89. The van der Waals surface area contributed by atoms with Gasteiger partial charge in [-0.1, -0.05) is 181 Å². The van der Waals surface area contributed by atoms with Crippen LogP contribution < -0.4 is 5.11 Å². The van der Waals surface area contributed by atoms with Gasteiger partial charge >= 0.3 is 11.9 Å². The summed E-state index contributed by atoms with van der Waals surface area (Å²) in [6.07, 6.45) is 62.7. The molecule has 0 fully saturated rings. The molecule has 0 aliphatic rings. The number of esters is 2. The number of likely N-dealkylation sites (N-methyl/N-ethyl adjacent to an activating group) is 1. The molecule has 380 valence electrons. The second kappa shape index (κ2) is 48.4. The van der Waals surface area contributed by atoms with Crippen LogP contribution in [0.2, 0.25) is 0 Å². The molecule has 0 aromatic carbocycles. The molecular formula is C58H95NO8. The average Bonchev–Trinajstić information content (AvgIpc) is 3.29. The zero-order chi connectivity index (χ0) is 49.2. The number of carboxylic acids is 1. The minimum absolute atomic E-state index is 0.137. The maximum Gasteiger partial charge on any atom is 0.306 e. The van der Waals surface area contributed by atoms with Crippen molar-refractivity contribution in [3.8, 4) is 0 Å². The molecule has 0 spiro atoms. The number of nitrogens with zero attached hydrogens (tertiary/aromatic N) is 1. The lowest BCUT2D eigenvalue weighted by Gasteiger charge is -2.26. The quantitative estimate of drug-likeness (QED) is 0.0195. The lowest BCUT2D eigenvalue weighted by molar-refractivity contribution is -0.870. The van der Waals surface area contributed by atoms with Crippen LogP contribution in [0.4, 0.5) is 0 Å². The molecule has 0 aromatic heterocycles. The Labute approximate surface area is 409 Å². The summed E-state index contributed by atoms with van der Waals surface area (Å²) in [6, 6.07) is 0. The summed E-state index contributed by atoms with van der Waals surface area (Å²) in [4.78, 5) is 37.2. The molecule has 0 rings (SSSR count). The van der Waals surface area contributed by atoms with E-state index in [9.17, 15) is 19.5 Å². The van der Waals surface area contributed by atoms with E-state index in [0.717, 1.165) is 116 Å². The van der Waals surface area contributed by atoms with Crippen LogP contribution in [0.3, 0.4) is 0 Å². The molecule has 0 radical (unpaired) electrons. The van der Waals surface area contributed by atoms with Gasteiger partial charge in [0.15, 0.2) is 12.4 Å². The number of carboxylic acid groups (broad SMARTS) is 1. The van der Waals surface area contributed by atoms with Gasteiger partial charge in [-0.3, -0.25) is 9.59 Å². The highest BCUT2D eigenvalue weighted by Crippen LogP contribution is 2.13. The fraction of sp³-hybridized carbons (Fsp3) is 0.638. The number of quaternary nitrogens is 1. The molecule has 0 aliphatic heterocycles. The molecule has 0 saturated carbocycles. The van der Waals surface area contributed by atoms with Crippen molar-refractivity contribution in [1.82, 2.24) is 0 Å². The summed E-state index contributed by atoms with van der Waals surface area (Å²) >= 11 is 0. The molecular weight excluding hydrogens is 839 g/mol. The molecule has 0 aliphatic carbocycles. The van der Waals surface area contributed by atoms with E-state index in [4.69, 9.17) is 18.9 Å². The van der Waals surface area contributed by atoms with Crippen molar-refractivity contribution < 1.29 is 42.9 Å². The number of unbranched alkanes of at least 4 members (excludes halogenated alkanes) is 13. The van der Waals surface area contributed by atoms with Gasteiger partial charge in [-0.05, 0) is 96.3 Å². The third-order valence-electron chi connectivity index (χ3n) is 10.5. The van der Waals surface area contributed by atoms with Gasteiger partial charge in [-0.15, -0.1) is 0 Å². The van der Waals surface area contributed by atoms with Crippen LogP contribution >= 0.6 is 0 Å². The molecule has 9 heteroatoms. The Morgan fingerprint density at radius 3 is 1.19 bits per heavy atom. The Morgan fingerprint density at radius 2 is 0.806 bits per heavy atom. The number of carbonyl (C=O) groups excluding carboxylic acids is 3. The van der Waals surface area contributed by atoms with Gasteiger partial charge in [0.25, 0.3) is 0 Å². The zero-order valence-corrected chi connectivity index (χ0v) is 43.0. The minimum Gasteiger partial charge on any atom is -0.545 e. The van der Waals surface area contributed by atoms with E-state index in [1.54, 1.807) is 0 Å². The van der Waals surface area contributed by atoms with Gasteiger partial charge in [0, 0.05) is 12.8 Å². The first-order valence-corrected chi connectivity index (χ1v) is 26.0. The average molecular weight is 934 g/mol. The number of aliphatic carboxylic acids is 1. The third-order valence-corrected chi connectivity index (χ3v) is 10.5. The van der Waals surface area contributed by atoms with Gasteiger partial charge in [-0.25, -0.2) is 0 Å². The monoisotopic (exact) mass is 934 g/mol. The fourth-order valence-electron chi connectivity index (χ4n) is 6.55. The first-order chi connectivity index (χ1) is 32.6. The van der Waals surface area contributed by atoms with Gasteiger partial charge in [0.05, 0.1) is 40.3 Å². The van der Waals surface area contributed by atoms with E-state index in [1.807, 2.05) is 21.1 Å². The van der Waals surface area contributed by atoms with Crippen LogP contribution in [0, 0.1) is 0 Å². The molecule has 0 amide bonds. The number of carbonyl (C=O) groups is 3. The van der Waals surface area contributed by atoms with Gasteiger partial charge in [-0.2, -0.15) is 0 Å². The van der Waals surface area contributed by atoms with Crippen molar-refractivity contribution >= 4 is 17.9 Å². The minimum atomic E-state index is -1.63. The summed E-state index contributed by atoms with van der Waals surface area (Å²) in [5, 5.41) is 11.7. The molecule has 0 heterocycles. The number of rotatable bonds is 46. The molecule has 0 saturated heterocycles. The van der Waals surface area contributed by atoms with Crippen LogP contribution in [-0.4, -0.2) is 82.3 Å². The SMILES string of the molecule is CC/C=C\C/C=C\C/C=C\C/C=C\C/C=C\C/C=C\CCCCCCCCCCC(=O)OC(COC(=O)CCCCCCC/C=C\C/C=C\C/C=C\CC)COC(OCC[N+](C)(C)C)C(=O)[O-]. The Balaban J connectivity index is 4.35. The van der Waals surface area contributed by atoms with E-state index >= 15 is 0 Å². The molecule has 2 unspecified atom stereocenters. The largest absolute Gasteiger partial charge is 0.545 e. The molecule has 2 atom stereocenters. The van der Waals surface area contributed by atoms with Crippen molar-refractivity contribution in [2.45, 2.75) is 193 Å². The summed E-state index contributed by atoms with van der Waals surface area (Å²) in [5.74, 6) is -2.33. The molecule has 0 bridgehead atoms. The van der Waals surface area contributed by atoms with Crippen molar-refractivity contribution in [2.24, 2.45) is 0 Å². The highest BCUT2D eigenvalue weighted by molar-refractivity contribution is 5.70. The van der Waals surface area contributed by atoms with Crippen LogP contribution in [0.1, 0.15) is 181 Å². The Morgan fingerprint density at radius 1 is 0.448 bits per heavy atom. The number of hydrogen-bond acceptors (Lipinski definition) is 8. The zero-order valence-electron chi connectivity index (χ0n) is 43.0. The maximum absolute atomic E-state index is 12.8. The number of ether oxygens (including phenoxy) is 4. The molecule has 0 aromatic rings. The van der Waals surface area contributed by atoms with E-state index in [-0.39, 0.29) is 38.6 Å². The van der Waals surface area contributed by atoms with E-state index < -0.39 is 24.3 Å². The summed E-state index contributed by atoms with van der Waals surface area (Å²) in [6.45, 7) is 4.46. The number of allylic oxidation sites excluding steroid dienone is 18. The van der Waals surface area contributed by atoms with Crippen LogP contribution in [-0.2, 0) is 33.3 Å². The summed E-state index contributed by atoms with van der Waals surface area (Å²) in [5.41, 5.74) is 0. The Hall–Kier alpha value is -4.05. The first-order valence-electron chi connectivity index (χ1n) is 26.0. The van der Waals surface area contributed by atoms with Crippen LogP contribution in [0.15, 0.2) is 109 Å². The van der Waals surface area contributed by atoms with Gasteiger partial charge in [0.2, 0.25) is 0 Å². The van der Waals surface area contributed by atoms with Crippen molar-refractivity contribution in [3.05, 3.63) is 109 Å². The van der Waals surface area contributed by atoms with E-state index in [1.165, 1.54) is 25.7 Å². The lowest BCUT2D eigenvalue weighted by atomic mass is 10.1. The second-order valence-electron chi connectivity index (χ2n) is 18.0. The predicted molar refractivity (Wildman–Crippen MR) is 278 cm³/mol. The van der Waals surface area contributed by atoms with Gasteiger partial charge in [0.1, 0.15) is 13.2 Å². The molecule has 67 heavy (non-hydrogen) atoms. The van der Waals surface area contributed by atoms with Crippen LogP contribution in [0.25, 0.3) is 0 Å². The van der Waals surface area contributed by atoms with Crippen LogP contribution in [0.5, 0.6) is 0 Å². The smallest absolute Gasteiger partial charge is 0.306 e. The predicted octanol–water partition coefficient (Wildman–Crippen LogP) is 13.4. The maximum atomic E-state index is 12.8. The van der Waals surface area contributed by atoms with Crippen molar-refractivity contribution in [2.75, 3.05) is 47.5 Å². The number of hydrogen-bond donors (Lipinski definition) is 0. The normalized spacial score (nSPS) is 13.7.